The molecule has 120 valence electrons. The highest BCUT2D eigenvalue weighted by molar-refractivity contribution is 6.61. The molecule has 2 aliphatic rings. The predicted molar refractivity (Wildman–Crippen MR) is 86.5 cm³/mol. The number of hydrogen-bond acceptors (Lipinski definition) is 5. The smallest absolute Gasteiger partial charge is 0.473 e. The van der Waals surface area contributed by atoms with Gasteiger partial charge in [0.05, 0.1) is 16.8 Å². The zero-order valence-electron chi connectivity index (χ0n) is 14.1. The van der Waals surface area contributed by atoms with Crippen LogP contribution in [-0.4, -0.2) is 54.4 Å². The van der Waals surface area contributed by atoms with Gasteiger partial charge in [0.1, 0.15) is 6.10 Å². The van der Waals surface area contributed by atoms with Crippen molar-refractivity contribution in [3.05, 3.63) is 18.2 Å². The summed E-state index contributed by atoms with van der Waals surface area (Å²) in [4.78, 5) is 6.85. The average molecular weight is 304 g/mol. The fraction of sp³-hybridized carbons (Fsp3) is 0.688. The molecule has 0 aliphatic carbocycles. The van der Waals surface area contributed by atoms with Gasteiger partial charge in [0, 0.05) is 19.2 Å². The minimum absolute atomic E-state index is 0.214. The summed E-state index contributed by atoms with van der Waals surface area (Å²) in [5.41, 5.74) is 0.0527. The van der Waals surface area contributed by atoms with E-state index in [1.165, 1.54) is 0 Å². The van der Waals surface area contributed by atoms with Crippen molar-refractivity contribution in [2.45, 2.75) is 51.4 Å². The Morgan fingerprint density at radius 3 is 2.50 bits per heavy atom. The molecule has 2 aliphatic heterocycles. The molecule has 5 nitrogen and oxygen atoms in total. The van der Waals surface area contributed by atoms with E-state index >= 15 is 0 Å². The third-order valence-electron chi connectivity index (χ3n) is 4.88. The molecule has 0 amide bonds. The second-order valence-corrected chi connectivity index (χ2v) is 7.28. The molecule has 22 heavy (non-hydrogen) atoms. The molecule has 1 aromatic heterocycles. The van der Waals surface area contributed by atoms with E-state index in [-0.39, 0.29) is 17.3 Å². The first-order valence-corrected chi connectivity index (χ1v) is 7.95. The number of aromatic nitrogens is 1. The second kappa shape index (κ2) is 5.51. The summed E-state index contributed by atoms with van der Waals surface area (Å²) in [5.74, 6) is 0.646. The van der Waals surface area contributed by atoms with E-state index in [0.717, 1.165) is 25.1 Å². The topological polar surface area (TPSA) is 43.8 Å². The van der Waals surface area contributed by atoms with E-state index in [9.17, 15) is 0 Å². The summed E-state index contributed by atoms with van der Waals surface area (Å²) >= 11 is 0. The highest BCUT2D eigenvalue weighted by atomic mass is 16.7. The maximum absolute atomic E-state index is 6.04. The number of pyridine rings is 1. The van der Waals surface area contributed by atoms with Gasteiger partial charge < -0.3 is 18.9 Å². The van der Waals surface area contributed by atoms with Gasteiger partial charge in [0.25, 0.3) is 0 Å². The molecule has 0 spiro atoms. The van der Waals surface area contributed by atoms with Crippen LogP contribution in [-0.2, 0) is 9.31 Å². The Kier molecular flexibility index (Phi) is 3.95. The quantitative estimate of drug-likeness (QED) is 0.791. The van der Waals surface area contributed by atoms with E-state index < -0.39 is 7.12 Å². The predicted octanol–water partition coefficient (Wildman–Crippen LogP) is 1.46. The van der Waals surface area contributed by atoms with Gasteiger partial charge in [-0.1, -0.05) is 6.07 Å². The molecule has 0 N–H and O–H groups in total. The maximum atomic E-state index is 6.04. The lowest BCUT2D eigenvalue weighted by Crippen LogP contribution is -2.41. The van der Waals surface area contributed by atoms with E-state index in [0.29, 0.717) is 5.88 Å². The highest BCUT2D eigenvalue weighted by Gasteiger charge is 2.52. The Bertz CT molecular complexity index is 534. The maximum Gasteiger partial charge on any atom is 0.514 e. The Hall–Kier alpha value is -1.11. The molecule has 3 rings (SSSR count). The minimum Gasteiger partial charge on any atom is -0.473 e. The molecule has 0 bridgehead atoms. The molecule has 0 aromatic carbocycles. The lowest BCUT2D eigenvalue weighted by Gasteiger charge is -2.32. The summed E-state index contributed by atoms with van der Waals surface area (Å²) in [6.07, 6.45) is 1.25. The first-order valence-electron chi connectivity index (χ1n) is 7.95. The van der Waals surface area contributed by atoms with Crippen LogP contribution in [0.1, 0.15) is 34.1 Å². The number of nitrogens with zero attached hydrogens (tertiary/aromatic N) is 2. The fourth-order valence-corrected chi connectivity index (χ4v) is 2.75. The number of rotatable bonds is 3. The van der Waals surface area contributed by atoms with Gasteiger partial charge >= 0.3 is 7.12 Å². The van der Waals surface area contributed by atoms with Gasteiger partial charge in [-0.25, -0.2) is 4.98 Å². The Morgan fingerprint density at radius 2 is 1.91 bits per heavy atom. The molecule has 6 heteroatoms. The number of likely N-dealkylation sites (N-methyl/N-ethyl adjacent to an activating group) is 1. The normalized spacial score (nSPS) is 27.3. The fourth-order valence-electron chi connectivity index (χ4n) is 2.75. The zero-order valence-corrected chi connectivity index (χ0v) is 14.1. The van der Waals surface area contributed by atoms with Crippen molar-refractivity contribution in [1.29, 1.82) is 0 Å². The third kappa shape index (κ3) is 3.00. The first kappa shape index (κ1) is 15.8. The van der Waals surface area contributed by atoms with Gasteiger partial charge in [-0.2, -0.15) is 0 Å². The Balaban J connectivity index is 1.72. The molecule has 3 heterocycles. The molecule has 2 fully saturated rings. The molecule has 2 saturated heterocycles. The minimum atomic E-state index is -0.445. The van der Waals surface area contributed by atoms with Crippen LogP contribution in [0.5, 0.6) is 5.88 Å². The van der Waals surface area contributed by atoms with Crippen molar-refractivity contribution >= 4 is 12.7 Å². The molecule has 1 unspecified atom stereocenters. The highest BCUT2D eigenvalue weighted by Crippen LogP contribution is 2.36. The molecular weight excluding hydrogens is 279 g/mol. The average Bonchev–Trinajstić information content (AvgIpc) is 2.91. The summed E-state index contributed by atoms with van der Waals surface area (Å²) in [6, 6.07) is 5.77. The van der Waals surface area contributed by atoms with Crippen LogP contribution >= 0.6 is 0 Å². The number of likely N-dealkylation sites (tertiary alicyclic amines) is 1. The largest absolute Gasteiger partial charge is 0.514 e. The van der Waals surface area contributed by atoms with Crippen LogP contribution in [0.15, 0.2) is 18.2 Å². The van der Waals surface area contributed by atoms with Crippen LogP contribution in [0.4, 0.5) is 0 Å². The van der Waals surface area contributed by atoms with Crippen molar-refractivity contribution in [2.75, 3.05) is 20.1 Å². The third-order valence-corrected chi connectivity index (χ3v) is 4.88. The molecule has 0 radical (unpaired) electrons. The van der Waals surface area contributed by atoms with Crippen molar-refractivity contribution in [3.63, 3.8) is 0 Å². The van der Waals surface area contributed by atoms with Gasteiger partial charge in [-0.3, -0.25) is 0 Å². The number of hydrogen-bond donors (Lipinski definition) is 0. The first-order chi connectivity index (χ1) is 10.3. The SMILES string of the molecule is CN1CCC(Oc2cccc(B3OC(C)(C)C(C)(C)O3)n2)C1. The monoisotopic (exact) mass is 304 g/mol. The van der Waals surface area contributed by atoms with Gasteiger partial charge in [-0.15, -0.1) is 0 Å². The lowest BCUT2D eigenvalue weighted by atomic mass is 9.84. The summed E-state index contributed by atoms with van der Waals surface area (Å²) in [6.45, 7) is 10.2. The zero-order chi connectivity index (χ0) is 16.0. The molecule has 0 saturated carbocycles. The van der Waals surface area contributed by atoms with Crippen molar-refractivity contribution < 1.29 is 14.0 Å². The van der Waals surface area contributed by atoms with Crippen LogP contribution in [0.3, 0.4) is 0 Å². The van der Waals surface area contributed by atoms with Crippen LogP contribution in [0.25, 0.3) is 0 Å². The van der Waals surface area contributed by atoms with Crippen LogP contribution in [0, 0.1) is 0 Å². The van der Waals surface area contributed by atoms with Gasteiger partial charge in [0.15, 0.2) is 0 Å². The van der Waals surface area contributed by atoms with E-state index in [2.05, 4.69) is 16.9 Å². The molecule has 1 atom stereocenters. The van der Waals surface area contributed by atoms with Gasteiger partial charge in [-0.05, 0) is 47.2 Å². The second-order valence-electron chi connectivity index (χ2n) is 7.28. The van der Waals surface area contributed by atoms with E-state index in [1.807, 2.05) is 45.9 Å². The summed E-state index contributed by atoms with van der Waals surface area (Å²) in [7, 11) is 1.66. The van der Waals surface area contributed by atoms with Crippen molar-refractivity contribution in [2.24, 2.45) is 0 Å². The Labute approximate surface area is 133 Å². The van der Waals surface area contributed by atoms with Crippen LogP contribution < -0.4 is 10.3 Å². The van der Waals surface area contributed by atoms with E-state index in [1.54, 1.807) is 0 Å². The van der Waals surface area contributed by atoms with Crippen molar-refractivity contribution in [1.82, 2.24) is 9.88 Å². The van der Waals surface area contributed by atoms with Crippen LogP contribution in [0.2, 0.25) is 0 Å². The number of ether oxygens (including phenoxy) is 1. The van der Waals surface area contributed by atoms with Gasteiger partial charge in [0.2, 0.25) is 5.88 Å². The molecular formula is C16H25BN2O3. The Morgan fingerprint density at radius 1 is 1.23 bits per heavy atom. The van der Waals surface area contributed by atoms with Crippen molar-refractivity contribution in [3.8, 4) is 5.88 Å². The summed E-state index contributed by atoms with van der Waals surface area (Å²) < 4.78 is 18.1. The summed E-state index contributed by atoms with van der Waals surface area (Å²) in [5, 5.41) is 0. The van der Waals surface area contributed by atoms with E-state index in [4.69, 9.17) is 14.0 Å². The standard InChI is InChI=1S/C16H25BN2O3/c1-15(2)16(3,4)22-17(21-15)13-7-6-8-14(18-13)20-12-9-10-19(5)11-12/h6-8,12H,9-11H2,1-5H3. The lowest BCUT2D eigenvalue weighted by molar-refractivity contribution is 0.00578. The molecule has 1 aromatic rings.